The molecule has 6 rings (SSSR count). The predicted molar refractivity (Wildman–Crippen MR) is 241 cm³/mol. The van der Waals surface area contributed by atoms with Gasteiger partial charge in [-0.05, 0) is 119 Å². The van der Waals surface area contributed by atoms with Crippen LogP contribution in [0.2, 0.25) is 0 Å². The number of nitrogens with one attached hydrogen (secondary N) is 2. The molecular weight excluding hydrogens is 786 g/mol. The van der Waals surface area contributed by atoms with Gasteiger partial charge in [0.15, 0.2) is 5.79 Å². The van der Waals surface area contributed by atoms with Gasteiger partial charge in [-0.15, -0.1) is 0 Å². The van der Waals surface area contributed by atoms with Crippen molar-refractivity contribution in [3.05, 3.63) is 102 Å². The van der Waals surface area contributed by atoms with Gasteiger partial charge in [-0.25, -0.2) is 4.39 Å². The van der Waals surface area contributed by atoms with E-state index in [0.29, 0.717) is 56.6 Å². The molecule has 2 aliphatic rings. The van der Waals surface area contributed by atoms with Crippen molar-refractivity contribution >= 4 is 23.5 Å². The van der Waals surface area contributed by atoms with E-state index in [1.54, 1.807) is 12.1 Å². The number of benzene rings is 3. The highest BCUT2D eigenvalue weighted by atomic mass is 19.1. The third-order valence-electron chi connectivity index (χ3n) is 11.7. The quantitative estimate of drug-likeness (QED) is 0.0756. The maximum Gasteiger partial charge on any atom is 0.306 e. The van der Waals surface area contributed by atoms with Gasteiger partial charge in [0.1, 0.15) is 5.82 Å². The zero-order valence-corrected chi connectivity index (χ0v) is 37.6. The number of ether oxygens (including phenoxy) is 4. The number of carbonyl (C=O) groups is 3. The topological polar surface area (TPSA) is 117 Å². The van der Waals surface area contributed by atoms with Crippen LogP contribution in [-0.2, 0) is 35.1 Å². The van der Waals surface area contributed by atoms with E-state index in [1.807, 2.05) is 74.5 Å². The van der Waals surface area contributed by atoms with Crippen LogP contribution in [0.3, 0.4) is 0 Å². The highest BCUT2D eigenvalue weighted by Crippen LogP contribution is 2.43. The Morgan fingerprint density at radius 2 is 1.48 bits per heavy atom. The Kier molecular flexibility index (Phi) is 15.8. The lowest BCUT2D eigenvalue weighted by molar-refractivity contribution is -0.300. The largest absolute Gasteiger partial charge is 0.466 e. The van der Waals surface area contributed by atoms with Crippen LogP contribution in [0.4, 0.5) is 10.1 Å². The van der Waals surface area contributed by atoms with E-state index >= 15 is 0 Å². The Bertz CT molecular complexity index is 2100. The molecule has 2 N–H and O–H groups in total. The number of anilines is 1. The molecule has 4 unspecified atom stereocenters. The molecule has 3 heterocycles. The molecule has 2 fully saturated rings. The van der Waals surface area contributed by atoms with Crippen molar-refractivity contribution in [3.8, 4) is 22.4 Å². The summed E-state index contributed by atoms with van der Waals surface area (Å²) >= 11 is 0. The standard InChI is InChI=1S/C51H66FN3O7/c1-8-9-28-59-44(57)30-35-29-40(60-50(4,5)33-35)24-26-53-43(56)32-42-31-41(61-51(6,7)62-42)25-27-55-47(34(2)3)46(49(58)54-39-18-14-11-15-19-39)45(36-16-12-10-13-17-36)48(55)37-20-22-38(52)23-21-37/h10-23,34-35,40-42H,8-9,24-33H2,1-7H3,(H,53,56)(H,54,58). The first kappa shape index (κ1) is 46.7. The van der Waals surface area contributed by atoms with Crippen LogP contribution in [0.25, 0.3) is 22.4 Å². The number of carbonyl (C=O) groups excluding carboxylic acids is 3. The summed E-state index contributed by atoms with van der Waals surface area (Å²) in [7, 11) is 0. The monoisotopic (exact) mass is 851 g/mol. The number of nitrogens with zero attached hydrogens (tertiary/aromatic N) is 1. The van der Waals surface area contributed by atoms with Crippen LogP contribution in [0.5, 0.6) is 0 Å². The van der Waals surface area contributed by atoms with E-state index in [1.165, 1.54) is 12.1 Å². The highest BCUT2D eigenvalue weighted by Gasteiger charge is 2.38. The fraction of sp³-hybridized carbons (Fsp3) is 0.510. The number of esters is 1. The smallest absolute Gasteiger partial charge is 0.306 e. The van der Waals surface area contributed by atoms with Crippen molar-refractivity contribution in [3.63, 3.8) is 0 Å². The molecule has 11 heteroatoms. The average Bonchev–Trinajstić information content (AvgIpc) is 3.56. The summed E-state index contributed by atoms with van der Waals surface area (Å²) in [6, 6.07) is 25.7. The molecule has 334 valence electrons. The van der Waals surface area contributed by atoms with Crippen LogP contribution in [0.15, 0.2) is 84.9 Å². The highest BCUT2D eigenvalue weighted by molar-refractivity contribution is 6.12. The van der Waals surface area contributed by atoms with Gasteiger partial charge in [0.05, 0.1) is 48.2 Å². The summed E-state index contributed by atoms with van der Waals surface area (Å²) in [5, 5.41) is 6.24. The lowest BCUT2D eigenvalue weighted by atomic mass is 9.83. The second-order valence-electron chi connectivity index (χ2n) is 18.3. The Labute approximate surface area is 367 Å². The predicted octanol–water partition coefficient (Wildman–Crippen LogP) is 10.8. The first-order valence-electron chi connectivity index (χ1n) is 22.5. The van der Waals surface area contributed by atoms with E-state index in [2.05, 4.69) is 49.8 Å². The summed E-state index contributed by atoms with van der Waals surface area (Å²) in [6.45, 7) is 15.5. The summed E-state index contributed by atoms with van der Waals surface area (Å²) in [5.41, 5.74) is 5.02. The van der Waals surface area contributed by atoms with E-state index in [-0.39, 0.29) is 65.8 Å². The molecule has 10 nitrogen and oxygen atoms in total. The van der Waals surface area contributed by atoms with Crippen molar-refractivity contribution in [2.75, 3.05) is 18.5 Å². The lowest BCUT2D eigenvalue weighted by Crippen LogP contribution is -2.46. The number of halogens is 1. The normalized spacial score (nSPS) is 20.7. The summed E-state index contributed by atoms with van der Waals surface area (Å²) in [4.78, 5) is 40.4. The van der Waals surface area contributed by atoms with Gasteiger partial charge in [-0.2, -0.15) is 0 Å². The second-order valence-corrected chi connectivity index (χ2v) is 18.3. The molecule has 4 aromatic rings. The zero-order valence-electron chi connectivity index (χ0n) is 37.6. The van der Waals surface area contributed by atoms with E-state index in [9.17, 15) is 18.8 Å². The summed E-state index contributed by atoms with van der Waals surface area (Å²) < 4.78 is 41.3. The molecule has 1 aromatic heterocycles. The van der Waals surface area contributed by atoms with Crippen LogP contribution in [0, 0.1) is 11.7 Å². The molecule has 4 atom stereocenters. The van der Waals surface area contributed by atoms with Crippen molar-refractivity contribution in [1.82, 2.24) is 9.88 Å². The first-order valence-corrected chi connectivity index (χ1v) is 22.5. The van der Waals surface area contributed by atoms with Gasteiger partial charge in [-0.3, -0.25) is 14.4 Å². The number of rotatable bonds is 18. The second kappa shape index (κ2) is 21.0. The van der Waals surface area contributed by atoms with Crippen LogP contribution >= 0.6 is 0 Å². The van der Waals surface area contributed by atoms with Gasteiger partial charge in [-0.1, -0.05) is 75.7 Å². The molecule has 2 saturated heterocycles. The molecule has 0 radical (unpaired) electrons. The molecule has 62 heavy (non-hydrogen) atoms. The minimum Gasteiger partial charge on any atom is -0.466 e. The van der Waals surface area contributed by atoms with Gasteiger partial charge >= 0.3 is 5.97 Å². The third kappa shape index (κ3) is 12.6. The molecule has 0 bridgehead atoms. The SMILES string of the molecule is CCCCOC(=O)CC1CC(CCNC(=O)CC2CC(CCn3c(-c4ccc(F)cc4)c(-c4ccccc4)c(C(=O)Nc4ccccc4)c3C(C)C)OC(C)(C)O2)OC(C)(C)C1. The maximum absolute atomic E-state index is 14.5. The van der Waals surface area contributed by atoms with E-state index in [4.69, 9.17) is 18.9 Å². The Morgan fingerprint density at radius 3 is 2.16 bits per heavy atom. The maximum atomic E-state index is 14.5. The average molecular weight is 852 g/mol. The molecule has 0 spiro atoms. The van der Waals surface area contributed by atoms with E-state index in [0.717, 1.165) is 53.8 Å². The number of para-hydroxylation sites is 1. The van der Waals surface area contributed by atoms with Crippen LogP contribution in [0.1, 0.15) is 128 Å². The van der Waals surface area contributed by atoms with Crippen LogP contribution < -0.4 is 10.6 Å². The number of hydrogen-bond acceptors (Lipinski definition) is 7. The molecule has 0 aliphatic carbocycles. The summed E-state index contributed by atoms with van der Waals surface area (Å²) in [5.74, 6) is -1.66. The first-order chi connectivity index (χ1) is 29.6. The minimum absolute atomic E-state index is 0.0605. The van der Waals surface area contributed by atoms with Gasteiger partial charge in [0.25, 0.3) is 5.91 Å². The fourth-order valence-electron chi connectivity index (χ4n) is 9.31. The van der Waals surface area contributed by atoms with E-state index < -0.39 is 5.79 Å². The van der Waals surface area contributed by atoms with Crippen LogP contribution in [-0.4, -0.2) is 65.2 Å². The number of amides is 2. The van der Waals surface area contributed by atoms with Crippen molar-refractivity contribution in [1.29, 1.82) is 0 Å². The lowest BCUT2D eigenvalue weighted by Gasteiger charge is -2.41. The van der Waals surface area contributed by atoms with Gasteiger partial charge in [0.2, 0.25) is 5.91 Å². The van der Waals surface area contributed by atoms with Crippen molar-refractivity contribution in [2.24, 2.45) is 5.92 Å². The number of unbranched alkanes of at least 4 members (excludes halogenated alkanes) is 1. The van der Waals surface area contributed by atoms with Gasteiger partial charge in [0, 0.05) is 42.9 Å². The molecule has 0 saturated carbocycles. The third-order valence-corrected chi connectivity index (χ3v) is 11.7. The van der Waals surface area contributed by atoms with Crippen molar-refractivity contribution < 1.29 is 37.7 Å². The van der Waals surface area contributed by atoms with Crippen molar-refractivity contribution in [2.45, 2.75) is 148 Å². The zero-order chi connectivity index (χ0) is 44.4. The fourth-order valence-corrected chi connectivity index (χ4v) is 9.31. The molecule has 3 aromatic carbocycles. The number of aromatic nitrogens is 1. The van der Waals surface area contributed by atoms with Gasteiger partial charge < -0.3 is 34.1 Å². The Balaban J connectivity index is 1.17. The Morgan fingerprint density at radius 1 is 0.823 bits per heavy atom. The summed E-state index contributed by atoms with van der Waals surface area (Å²) in [6.07, 6.45) is 4.94. The number of hydrogen-bond donors (Lipinski definition) is 2. The molecule has 2 aliphatic heterocycles. The Hall–Kier alpha value is -4.84. The molecule has 2 amide bonds. The minimum atomic E-state index is -0.935. The molecular formula is C51H66FN3O7.